The third-order valence-corrected chi connectivity index (χ3v) is 3.11. The van der Waals surface area contributed by atoms with Crippen LogP contribution in [0.4, 0.5) is 0 Å². The zero-order valence-electron chi connectivity index (χ0n) is 10.7. The third kappa shape index (κ3) is 5.50. The van der Waals surface area contributed by atoms with Crippen LogP contribution in [0.15, 0.2) is 24.3 Å². The Morgan fingerprint density at radius 1 is 1.44 bits per heavy atom. The standard InChI is InChI=1S/C14H23ClO/c1-5-14(4,10-6-8-12(2)3)13(16)9-7-11-15/h5,8H,1,6-7,9-11H2,2-4H3. The summed E-state index contributed by atoms with van der Waals surface area (Å²) in [6.07, 6.45) is 7.02. The van der Waals surface area contributed by atoms with E-state index in [1.54, 1.807) is 6.08 Å². The van der Waals surface area contributed by atoms with Crippen molar-refractivity contribution in [1.29, 1.82) is 0 Å². The van der Waals surface area contributed by atoms with Crippen LogP contribution in [0.2, 0.25) is 0 Å². The summed E-state index contributed by atoms with van der Waals surface area (Å²) in [7, 11) is 0. The van der Waals surface area contributed by atoms with Gasteiger partial charge in [-0.05, 0) is 40.0 Å². The molecule has 0 rings (SSSR count). The summed E-state index contributed by atoms with van der Waals surface area (Å²) in [4.78, 5) is 12.0. The van der Waals surface area contributed by atoms with Crippen molar-refractivity contribution < 1.29 is 4.79 Å². The molecule has 0 aliphatic rings. The lowest BCUT2D eigenvalue weighted by Gasteiger charge is -2.23. The highest BCUT2D eigenvalue weighted by Gasteiger charge is 2.27. The second kappa shape index (κ2) is 7.67. The van der Waals surface area contributed by atoms with Crippen molar-refractivity contribution in [3.8, 4) is 0 Å². The number of halogens is 1. The lowest BCUT2D eigenvalue weighted by atomic mass is 9.79. The average molecular weight is 243 g/mol. The van der Waals surface area contributed by atoms with Gasteiger partial charge in [-0.15, -0.1) is 18.2 Å². The first kappa shape index (κ1) is 15.4. The van der Waals surface area contributed by atoms with Crippen LogP contribution in [0.5, 0.6) is 0 Å². The van der Waals surface area contributed by atoms with E-state index in [0.29, 0.717) is 12.3 Å². The number of alkyl halides is 1. The van der Waals surface area contributed by atoms with Crippen LogP contribution in [0.3, 0.4) is 0 Å². The van der Waals surface area contributed by atoms with Gasteiger partial charge in [-0.3, -0.25) is 4.79 Å². The van der Waals surface area contributed by atoms with Crippen molar-refractivity contribution in [3.63, 3.8) is 0 Å². The van der Waals surface area contributed by atoms with Gasteiger partial charge in [0.1, 0.15) is 5.78 Å². The Morgan fingerprint density at radius 3 is 2.50 bits per heavy atom. The minimum atomic E-state index is -0.391. The minimum absolute atomic E-state index is 0.255. The molecule has 2 heteroatoms. The molecule has 0 aromatic heterocycles. The third-order valence-electron chi connectivity index (χ3n) is 2.84. The molecule has 0 radical (unpaired) electrons. The highest BCUT2D eigenvalue weighted by Crippen LogP contribution is 2.28. The number of rotatable bonds is 8. The maximum absolute atomic E-state index is 12.0. The van der Waals surface area contributed by atoms with E-state index in [9.17, 15) is 4.79 Å². The maximum atomic E-state index is 12.0. The summed E-state index contributed by atoms with van der Waals surface area (Å²) in [5, 5.41) is 0. The van der Waals surface area contributed by atoms with Gasteiger partial charge < -0.3 is 0 Å². The van der Waals surface area contributed by atoms with Gasteiger partial charge in [0.2, 0.25) is 0 Å². The predicted octanol–water partition coefficient (Wildman–Crippen LogP) is 4.51. The number of hydrogen-bond donors (Lipinski definition) is 0. The monoisotopic (exact) mass is 242 g/mol. The molecule has 0 aliphatic heterocycles. The molecule has 1 atom stereocenters. The summed E-state index contributed by atoms with van der Waals surface area (Å²) in [6.45, 7) is 9.89. The molecule has 1 nitrogen and oxygen atoms in total. The van der Waals surface area contributed by atoms with Gasteiger partial charge >= 0.3 is 0 Å². The fourth-order valence-corrected chi connectivity index (χ4v) is 1.66. The topological polar surface area (TPSA) is 17.1 Å². The summed E-state index contributed by atoms with van der Waals surface area (Å²) < 4.78 is 0. The summed E-state index contributed by atoms with van der Waals surface area (Å²) in [5.74, 6) is 0.803. The van der Waals surface area contributed by atoms with E-state index in [4.69, 9.17) is 11.6 Å². The zero-order chi connectivity index (χ0) is 12.6. The van der Waals surface area contributed by atoms with Gasteiger partial charge in [0.15, 0.2) is 0 Å². The fourth-order valence-electron chi connectivity index (χ4n) is 1.53. The Labute approximate surface area is 105 Å². The molecule has 16 heavy (non-hydrogen) atoms. The molecule has 0 spiro atoms. The SMILES string of the molecule is C=CC(C)(CCC=C(C)C)C(=O)CCCCl. The molecular formula is C14H23ClO. The Hall–Kier alpha value is -0.560. The van der Waals surface area contributed by atoms with Crippen molar-refractivity contribution in [1.82, 2.24) is 0 Å². The highest BCUT2D eigenvalue weighted by atomic mass is 35.5. The molecule has 0 bridgehead atoms. The quantitative estimate of drug-likeness (QED) is 0.452. The normalized spacial score (nSPS) is 14.0. The number of hydrogen-bond acceptors (Lipinski definition) is 1. The van der Waals surface area contributed by atoms with Crippen LogP contribution in [0, 0.1) is 5.41 Å². The van der Waals surface area contributed by atoms with Gasteiger partial charge in [0, 0.05) is 17.7 Å². The van der Waals surface area contributed by atoms with Crippen molar-refractivity contribution in [2.75, 3.05) is 5.88 Å². The van der Waals surface area contributed by atoms with E-state index in [2.05, 4.69) is 26.5 Å². The van der Waals surface area contributed by atoms with Crippen molar-refractivity contribution in [2.45, 2.75) is 46.5 Å². The van der Waals surface area contributed by atoms with Crippen LogP contribution < -0.4 is 0 Å². The molecule has 0 amide bonds. The lowest BCUT2D eigenvalue weighted by molar-refractivity contribution is -0.125. The van der Waals surface area contributed by atoms with Gasteiger partial charge in [-0.2, -0.15) is 0 Å². The van der Waals surface area contributed by atoms with Crippen LogP contribution in [0.1, 0.15) is 46.5 Å². The molecule has 0 heterocycles. The van der Waals surface area contributed by atoms with E-state index in [-0.39, 0.29) is 5.78 Å². The van der Waals surface area contributed by atoms with Crippen molar-refractivity contribution >= 4 is 17.4 Å². The lowest BCUT2D eigenvalue weighted by Crippen LogP contribution is -2.25. The maximum Gasteiger partial charge on any atom is 0.142 e. The molecule has 0 N–H and O–H groups in total. The second-order valence-electron chi connectivity index (χ2n) is 4.66. The Morgan fingerprint density at radius 2 is 2.06 bits per heavy atom. The Kier molecular flexibility index (Phi) is 7.40. The number of Topliss-reactive ketones (excluding diaryl/α,β-unsaturated/α-hetero) is 1. The number of carbonyl (C=O) groups excluding carboxylic acids is 1. The fraction of sp³-hybridized carbons (Fsp3) is 0.643. The van der Waals surface area contributed by atoms with Gasteiger partial charge in [-0.25, -0.2) is 0 Å². The highest BCUT2D eigenvalue weighted by molar-refractivity contribution is 6.17. The van der Waals surface area contributed by atoms with E-state index in [0.717, 1.165) is 19.3 Å². The zero-order valence-corrected chi connectivity index (χ0v) is 11.4. The van der Waals surface area contributed by atoms with Crippen molar-refractivity contribution in [2.24, 2.45) is 5.41 Å². The minimum Gasteiger partial charge on any atom is -0.299 e. The largest absolute Gasteiger partial charge is 0.299 e. The van der Waals surface area contributed by atoms with E-state index in [1.165, 1.54) is 5.57 Å². The Balaban J connectivity index is 4.34. The van der Waals surface area contributed by atoms with Crippen LogP contribution in [-0.2, 0) is 4.79 Å². The number of carbonyl (C=O) groups is 1. The Bertz CT molecular complexity index is 264. The summed E-state index contributed by atoms with van der Waals surface area (Å²) in [5.41, 5.74) is 0.900. The molecule has 0 aliphatic carbocycles. The van der Waals surface area contributed by atoms with Crippen LogP contribution in [-0.4, -0.2) is 11.7 Å². The van der Waals surface area contributed by atoms with Gasteiger partial charge in [0.05, 0.1) is 0 Å². The number of ketones is 1. The van der Waals surface area contributed by atoms with E-state index >= 15 is 0 Å². The predicted molar refractivity (Wildman–Crippen MR) is 71.9 cm³/mol. The van der Waals surface area contributed by atoms with Gasteiger partial charge in [0.25, 0.3) is 0 Å². The molecule has 0 saturated heterocycles. The van der Waals surface area contributed by atoms with E-state index in [1.807, 2.05) is 6.92 Å². The second-order valence-corrected chi connectivity index (χ2v) is 5.04. The first-order valence-corrected chi connectivity index (χ1v) is 6.36. The smallest absolute Gasteiger partial charge is 0.142 e. The molecule has 1 unspecified atom stereocenters. The van der Waals surface area contributed by atoms with Crippen LogP contribution >= 0.6 is 11.6 Å². The van der Waals surface area contributed by atoms with Crippen LogP contribution in [0.25, 0.3) is 0 Å². The summed E-state index contributed by atoms with van der Waals surface area (Å²) >= 11 is 5.60. The van der Waals surface area contributed by atoms with Crippen molar-refractivity contribution in [3.05, 3.63) is 24.3 Å². The summed E-state index contributed by atoms with van der Waals surface area (Å²) in [6, 6.07) is 0. The molecule has 0 fully saturated rings. The molecular weight excluding hydrogens is 220 g/mol. The first-order chi connectivity index (χ1) is 7.46. The molecule has 92 valence electrons. The van der Waals surface area contributed by atoms with Gasteiger partial charge in [-0.1, -0.05) is 17.7 Å². The first-order valence-electron chi connectivity index (χ1n) is 5.82. The molecule has 0 saturated carbocycles. The molecule has 0 aromatic rings. The average Bonchev–Trinajstić information content (AvgIpc) is 2.24. The molecule has 0 aromatic carbocycles. The number of allylic oxidation sites excluding steroid dienone is 3. The van der Waals surface area contributed by atoms with E-state index < -0.39 is 5.41 Å².